The van der Waals surface area contributed by atoms with Gasteiger partial charge in [-0.2, -0.15) is 0 Å². The van der Waals surface area contributed by atoms with Crippen molar-refractivity contribution in [1.82, 2.24) is 0 Å². The van der Waals surface area contributed by atoms with Gasteiger partial charge in [0.15, 0.2) is 5.76 Å². The second kappa shape index (κ2) is 5.83. The first-order valence-electron chi connectivity index (χ1n) is 7.29. The van der Waals surface area contributed by atoms with Crippen LogP contribution in [0.1, 0.15) is 0 Å². The summed E-state index contributed by atoms with van der Waals surface area (Å²) in [5.41, 5.74) is 1.39. The van der Waals surface area contributed by atoms with E-state index in [9.17, 15) is 8.60 Å². The molecule has 0 spiro atoms. The van der Waals surface area contributed by atoms with E-state index in [1.54, 1.807) is 18.4 Å². The Bertz CT molecular complexity index is 1100. The van der Waals surface area contributed by atoms with Crippen molar-refractivity contribution in [3.8, 4) is 11.3 Å². The lowest BCUT2D eigenvalue weighted by Crippen LogP contribution is -1.90. The quantitative estimate of drug-likeness (QED) is 0.418. The molecule has 5 heteroatoms. The van der Waals surface area contributed by atoms with E-state index < -0.39 is 10.8 Å². The van der Waals surface area contributed by atoms with Crippen LogP contribution in [0.3, 0.4) is 0 Å². The van der Waals surface area contributed by atoms with Gasteiger partial charge >= 0.3 is 0 Å². The molecule has 24 heavy (non-hydrogen) atoms. The monoisotopic (exact) mass is 402 g/mol. The van der Waals surface area contributed by atoms with E-state index in [2.05, 4.69) is 15.9 Å². The Morgan fingerprint density at radius 3 is 2.50 bits per heavy atom. The summed E-state index contributed by atoms with van der Waals surface area (Å²) >= 11 is 3.47. The Balaban J connectivity index is 2.12. The van der Waals surface area contributed by atoms with Gasteiger partial charge < -0.3 is 4.42 Å². The fourth-order valence-electron chi connectivity index (χ4n) is 2.94. The Morgan fingerprint density at radius 1 is 1.04 bits per heavy atom. The van der Waals surface area contributed by atoms with Crippen LogP contribution < -0.4 is 0 Å². The maximum Gasteiger partial charge on any atom is 0.151 e. The van der Waals surface area contributed by atoms with Crippen molar-refractivity contribution in [2.75, 3.05) is 6.26 Å². The van der Waals surface area contributed by atoms with Crippen molar-refractivity contribution >= 4 is 48.5 Å². The Kier molecular flexibility index (Phi) is 3.77. The Hall–Kier alpha value is -1.98. The summed E-state index contributed by atoms with van der Waals surface area (Å²) in [4.78, 5) is 0.643. The zero-order valence-electron chi connectivity index (χ0n) is 12.7. The third kappa shape index (κ3) is 2.48. The lowest BCUT2D eigenvalue weighted by molar-refractivity contribution is 0.618. The minimum absolute atomic E-state index is 0.315. The summed E-state index contributed by atoms with van der Waals surface area (Å²) in [6.45, 7) is 0. The molecule has 0 aliphatic heterocycles. The first kappa shape index (κ1) is 15.5. The Morgan fingerprint density at radius 2 is 1.79 bits per heavy atom. The predicted molar refractivity (Wildman–Crippen MR) is 99.1 cm³/mol. The summed E-state index contributed by atoms with van der Waals surface area (Å²) in [5, 5.41) is 2.87. The highest BCUT2D eigenvalue weighted by Crippen LogP contribution is 2.40. The largest absolute Gasteiger partial charge is 0.455 e. The van der Waals surface area contributed by atoms with Gasteiger partial charge in [0.1, 0.15) is 11.4 Å². The molecule has 0 N–H and O–H groups in total. The third-order valence-corrected chi connectivity index (χ3v) is 5.44. The number of hydrogen-bond donors (Lipinski definition) is 0. The van der Waals surface area contributed by atoms with Crippen LogP contribution in [0.4, 0.5) is 4.39 Å². The van der Waals surface area contributed by atoms with Crippen LogP contribution in [-0.2, 0) is 10.8 Å². The van der Waals surface area contributed by atoms with Crippen LogP contribution in [0.5, 0.6) is 0 Å². The SMILES string of the molecule is CS(=O)c1c(-c2ccc(F)cc2)oc2ccc3cc(Br)ccc3c12. The number of benzene rings is 3. The van der Waals surface area contributed by atoms with Gasteiger partial charge in [0.2, 0.25) is 0 Å². The van der Waals surface area contributed by atoms with Crippen LogP contribution in [0.25, 0.3) is 33.1 Å². The summed E-state index contributed by atoms with van der Waals surface area (Å²) < 4.78 is 32.7. The van der Waals surface area contributed by atoms with Crippen LogP contribution in [0.15, 0.2) is 68.4 Å². The highest BCUT2D eigenvalue weighted by molar-refractivity contribution is 9.10. The van der Waals surface area contributed by atoms with E-state index in [0.717, 1.165) is 20.6 Å². The minimum Gasteiger partial charge on any atom is -0.455 e. The van der Waals surface area contributed by atoms with Crippen LogP contribution >= 0.6 is 15.9 Å². The van der Waals surface area contributed by atoms with Gasteiger partial charge in [-0.25, -0.2) is 4.39 Å². The fourth-order valence-corrected chi connectivity index (χ4v) is 4.23. The zero-order valence-corrected chi connectivity index (χ0v) is 15.1. The van der Waals surface area contributed by atoms with Crippen molar-refractivity contribution < 1.29 is 13.0 Å². The molecular weight excluding hydrogens is 391 g/mol. The fraction of sp³-hybridized carbons (Fsp3) is 0.0526. The molecule has 0 amide bonds. The number of hydrogen-bond acceptors (Lipinski definition) is 2. The van der Waals surface area contributed by atoms with Crippen LogP contribution in [-0.4, -0.2) is 10.5 Å². The van der Waals surface area contributed by atoms with Crippen molar-refractivity contribution in [3.05, 3.63) is 64.9 Å². The standard InChI is InChI=1S/C19H12BrFO2S/c1-24(22)19-17-15-8-5-13(20)10-12(15)4-9-16(17)23-18(19)11-2-6-14(21)7-3-11/h2-10H,1H3. The average Bonchev–Trinajstić information content (AvgIpc) is 2.95. The molecule has 1 atom stereocenters. The second-order valence-electron chi connectivity index (χ2n) is 5.53. The zero-order chi connectivity index (χ0) is 16.8. The van der Waals surface area contributed by atoms with Gasteiger partial charge in [0.25, 0.3) is 0 Å². The summed E-state index contributed by atoms with van der Waals surface area (Å²) in [6.07, 6.45) is 1.63. The van der Waals surface area contributed by atoms with E-state index in [-0.39, 0.29) is 5.82 Å². The molecule has 120 valence electrons. The first-order chi connectivity index (χ1) is 11.5. The van der Waals surface area contributed by atoms with Crippen molar-refractivity contribution in [1.29, 1.82) is 0 Å². The number of furan rings is 1. The highest BCUT2D eigenvalue weighted by atomic mass is 79.9. The third-order valence-electron chi connectivity index (χ3n) is 3.98. The number of rotatable bonds is 2. The maximum atomic E-state index is 13.2. The lowest BCUT2D eigenvalue weighted by atomic mass is 10.1. The van der Waals surface area contributed by atoms with Gasteiger partial charge in [-0.15, -0.1) is 0 Å². The second-order valence-corrected chi connectivity index (χ2v) is 7.76. The highest BCUT2D eigenvalue weighted by Gasteiger charge is 2.21. The number of halogens is 2. The topological polar surface area (TPSA) is 30.2 Å². The molecule has 0 aliphatic rings. The molecule has 3 aromatic carbocycles. The molecule has 1 unspecified atom stereocenters. The van der Waals surface area contributed by atoms with Gasteiger partial charge in [-0.1, -0.05) is 28.1 Å². The molecule has 0 bridgehead atoms. The van der Waals surface area contributed by atoms with E-state index in [4.69, 9.17) is 4.42 Å². The first-order valence-corrected chi connectivity index (χ1v) is 9.64. The van der Waals surface area contributed by atoms with Crippen molar-refractivity contribution in [2.45, 2.75) is 4.90 Å². The minimum atomic E-state index is -1.25. The van der Waals surface area contributed by atoms with Crippen LogP contribution in [0.2, 0.25) is 0 Å². The van der Waals surface area contributed by atoms with E-state index in [1.807, 2.05) is 30.3 Å². The molecule has 0 saturated heterocycles. The molecule has 0 aliphatic carbocycles. The molecule has 0 saturated carbocycles. The molecule has 4 rings (SSSR count). The molecular formula is C19H12BrFO2S. The number of fused-ring (bicyclic) bond motifs is 3. The smallest absolute Gasteiger partial charge is 0.151 e. The van der Waals surface area contributed by atoms with Gasteiger partial charge in [-0.3, -0.25) is 4.21 Å². The lowest BCUT2D eigenvalue weighted by Gasteiger charge is -2.03. The van der Waals surface area contributed by atoms with Crippen molar-refractivity contribution in [3.63, 3.8) is 0 Å². The molecule has 0 radical (unpaired) electrons. The van der Waals surface area contributed by atoms with Crippen molar-refractivity contribution in [2.24, 2.45) is 0 Å². The summed E-state index contributed by atoms with van der Waals surface area (Å²) in [6, 6.07) is 15.8. The van der Waals surface area contributed by atoms with Gasteiger partial charge in [-0.05, 0) is 53.2 Å². The average molecular weight is 403 g/mol. The molecule has 1 heterocycles. The predicted octanol–water partition coefficient (Wildman–Crippen LogP) is 5.89. The van der Waals surface area contributed by atoms with E-state index in [0.29, 0.717) is 21.8 Å². The van der Waals surface area contributed by atoms with E-state index in [1.165, 1.54) is 12.1 Å². The van der Waals surface area contributed by atoms with Crippen LogP contribution in [0, 0.1) is 5.82 Å². The van der Waals surface area contributed by atoms with E-state index >= 15 is 0 Å². The summed E-state index contributed by atoms with van der Waals surface area (Å²) in [5.74, 6) is 0.214. The van der Waals surface area contributed by atoms with Gasteiger partial charge in [0, 0.05) is 21.7 Å². The Labute approximate surface area is 148 Å². The molecule has 1 aromatic heterocycles. The molecule has 4 aromatic rings. The molecule has 0 fully saturated rings. The maximum absolute atomic E-state index is 13.2. The summed E-state index contributed by atoms with van der Waals surface area (Å²) in [7, 11) is -1.25. The molecule has 2 nitrogen and oxygen atoms in total. The normalized spacial score (nSPS) is 12.8. The van der Waals surface area contributed by atoms with Gasteiger partial charge in [0.05, 0.1) is 15.7 Å².